The highest BCUT2D eigenvalue weighted by Gasteiger charge is 2.44. The lowest BCUT2D eigenvalue weighted by Crippen LogP contribution is -2.33. The van der Waals surface area contributed by atoms with E-state index in [1.54, 1.807) is 0 Å². The predicted molar refractivity (Wildman–Crippen MR) is 96.8 cm³/mol. The summed E-state index contributed by atoms with van der Waals surface area (Å²) in [7, 11) is 0. The number of nitrogens with one attached hydrogen (secondary N) is 1. The van der Waals surface area contributed by atoms with Gasteiger partial charge in [0.25, 0.3) is 0 Å². The summed E-state index contributed by atoms with van der Waals surface area (Å²) < 4.78 is 0. The molecule has 1 saturated carbocycles. The first-order chi connectivity index (χ1) is 9.03. The van der Waals surface area contributed by atoms with Crippen LogP contribution in [0, 0.1) is 6.92 Å². The Morgan fingerprint density at radius 1 is 1.40 bits per heavy atom. The van der Waals surface area contributed by atoms with Crippen molar-refractivity contribution in [2.75, 3.05) is 13.1 Å². The quantitative estimate of drug-likeness (QED) is 0.354. The Bertz CT molecular complexity index is 504. The maximum absolute atomic E-state index is 5.87. The molecular formula is C16H24IN3. The van der Waals surface area contributed by atoms with Crippen molar-refractivity contribution in [2.45, 2.75) is 32.1 Å². The van der Waals surface area contributed by atoms with E-state index in [2.05, 4.69) is 48.1 Å². The highest BCUT2D eigenvalue weighted by atomic mass is 127. The first-order valence-electron chi connectivity index (χ1n) is 6.78. The Hall–Kier alpha value is -1.04. The topological polar surface area (TPSA) is 50.4 Å². The molecule has 1 fully saturated rings. The summed E-state index contributed by atoms with van der Waals surface area (Å²) in [5.74, 6) is 0.517. The first kappa shape index (κ1) is 17.0. The van der Waals surface area contributed by atoms with Crippen LogP contribution in [0.2, 0.25) is 0 Å². The molecule has 1 aromatic rings. The zero-order valence-electron chi connectivity index (χ0n) is 12.3. The van der Waals surface area contributed by atoms with Gasteiger partial charge in [-0.05, 0) is 37.8 Å². The number of hydrogen-bond donors (Lipinski definition) is 2. The van der Waals surface area contributed by atoms with Crippen LogP contribution in [0.15, 0.2) is 41.4 Å². The van der Waals surface area contributed by atoms with Gasteiger partial charge in [-0.2, -0.15) is 0 Å². The molecule has 0 bridgehead atoms. The van der Waals surface area contributed by atoms with Crippen molar-refractivity contribution in [1.82, 2.24) is 5.32 Å². The summed E-state index contributed by atoms with van der Waals surface area (Å²) in [6.45, 7) is 9.43. The second-order valence-corrected chi connectivity index (χ2v) is 5.61. The van der Waals surface area contributed by atoms with Crippen LogP contribution in [0.1, 0.15) is 30.9 Å². The number of rotatable bonds is 5. The molecule has 0 atom stereocenters. The average Bonchev–Trinajstić information content (AvgIpc) is 3.15. The Kier molecular flexibility index (Phi) is 6.05. The molecule has 0 spiro atoms. The number of nitrogens with two attached hydrogens (primary N) is 1. The predicted octanol–water partition coefficient (Wildman–Crippen LogP) is 3.13. The molecule has 1 aliphatic rings. The Morgan fingerprint density at radius 3 is 2.60 bits per heavy atom. The molecule has 3 nitrogen and oxygen atoms in total. The van der Waals surface area contributed by atoms with E-state index in [1.807, 2.05) is 6.92 Å². The van der Waals surface area contributed by atoms with E-state index in [-0.39, 0.29) is 29.4 Å². The van der Waals surface area contributed by atoms with Gasteiger partial charge in [0.1, 0.15) is 0 Å². The third kappa shape index (κ3) is 4.23. The van der Waals surface area contributed by atoms with Crippen LogP contribution in [0.3, 0.4) is 0 Å². The fourth-order valence-corrected chi connectivity index (χ4v) is 2.37. The van der Waals surface area contributed by atoms with Crippen LogP contribution in [0.4, 0.5) is 0 Å². The third-order valence-corrected chi connectivity index (χ3v) is 3.69. The lowest BCUT2D eigenvalue weighted by Gasteiger charge is -2.16. The largest absolute Gasteiger partial charge is 0.370 e. The minimum absolute atomic E-state index is 0. The number of hydrogen-bond acceptors (Lipinski definition) is 1. The molecule has 0 heterocycles. The van der Waals surface area contributed by atoms with Crippen molar-refractivity contribution in [3.8, 4) is 0 Å². The zero-order valence-corrected chi connectivity index (χ0v) is 14.6. The van der Waals surface area contributed by atoms with E-state index in [0.717, 1.165) is 12.1 Å². The van der Waals surface area contributed by atoms with E-state index >= 15 is 0 Å². The minimum atomic E-state index is 0. The van der Waals surface area contributed by atoms with Gasteiger partial charge >= 0.3 is 0 Å². The minimum Gasteiger partial charge on any atom is -0.370 e. The van der Waals surface area contributed by atoms with E-state index in [9.17, 15) is 0 Å². The van der Waals surface area contributed by atoms with Crippen molar-refractivity contribution in [3.63, 3.8) is 0 Å². The van der Waals surface area contributed by atoms with Gasteiger partial charge in [-0.25, -0.2) is 0 Å². The fraction of sp³-hybridized carbons (Fsp3) is 0.438. The van der Waals surface area contributed by atoms with Crippen LogP contribution in [0.5, 0.6) is 0 Å². The monoisotopic (exact) mass is 385 g/mol. The first-order valence-corrected chi connectivity index (χ1v) is 6.78. The van der Waals surface area contributed by atoms with Crippen molar-refractivity contribution in [2.24, 2.45) is 10.7 Å². The number of benzene rings is 1. The summed E-state index contributed by atoms with van der Waals surface area (Å²) in [5, 5.41) is 3.08. The van der Waals surface area contributed by atoms with Crippen LogP contribution in [-0.4, -0.2) is 19.0 Å². The SMILES string of the molecule is C=C(C)CNC(N)=NCC1(c2ccccc2C)CC1.I. The second-order valence-electron chi connectivity index (χ2n) is 5.61. The molecule has 110 valence electrons. The van der Waals surface area contributed by atoms with Gasteiger partial charge in [0.05, 0.1) is 6.54 Å². The van der Waals surface area contributed by atoms with Crippen LogP contribution in [0.25, 0.3) is 0 Å². The van der Waals surface area contributed by atoms with Crippen LogP contribution >= 0.6 is 24.0 Å². The van der Waals surface area contributed by atoms with Crippen molar-refractivity contribution in [3.05, 3.63) is 47.5 Å². The molecule has 0 saturated heterocycles. The van der Waals surface area contributed by atoms with Gasteiger partial charge in [0.15, 0.2) is 5.96 Å². The van der Waals surface area contributed by atoms with Crippen molar-refractivity contribution >= 4 is 29.9 Å². The summed E-state index contributed by atoms with van der Waals surface area (Å²) in [6.07, 6.45) is 2.41. The van der Waals surface area contributed by atoms with Gasteiger partial charge < -0.3 is 11.1 Å². The molecule has 0 amide bonds. The Balaban J connectivity index is 0.00000200. The zero-order chi connectivity index (χ0) is 13.9. The van der Waals surface area contributed by atoms with E-state index in [4.69, 9.17) is 5.73 Å². The summed E-state index contributed by atoms with van der Waals surface area (Å²) >= 11 is 0. The molecule has 20 heavy (non-hydrogen) atoms. The molecule has 1 aromatic carbocycles. The summed E-state index contributed by atoms with van der Waals surface area (Å²) in [4.78, 5) is 4.49. The van der Waals surface area contributed by atoms with Crippen molar-refractivity contribution < 1.29 is 0 Å². The second kappa shape index (κ2) is 7.11. The van der Waals surface area contributed by atoms with Gasteiger partial charge in [-0.3, -0.25) is 4.99 Å². The Morgan fingerprint density at radius 2 is 2.05 bits per heavy atom. The lowest BCUT2D eigenvalue weighted by atomic mass is 9.92. The fourth-order valence-electron chi connectivity index (χ4n) is 2.37. The third-order valence-electron chi connectivity index (χ3n) is 3.69. The van der Waals surface area contributed by atoms with Crippen LogP contribution in [-0.2, 0) is 5.41 Å². The van der Waals surface area contributed by atoms with Gasteiger partial charge in [-0.15, -0.1) is 24.0 Å². The molecular weight excluding hydrogens is 361 g/mol. The van der Waals surface area contributed by atoms with E-state index in [0.29, 0.717) is 12.5 Å². The standard InChI is InChI=1S/C16H23N3.HI/c1-12(2)10-18-15(17)19-11-16(8-9-16)14-7-5-4-6-13(14)3;/h4-7H,1,8-11H2,2-3H3,(H3,17,18,19);1H. The molecule has 0 aromatic heterocycles. The summed E-state index contributed by atoms with van der Waals surface area (Å²) in [6, 6.07) is 8.58. The maximum atomic E-state index is 5.87. The summed E-state index contributed by atoms with van der Waals surface area (Å²) in [5.41, 5.74) is 9.92. The smallest absolute Gasteiger partial charge is 0.188 e. The normalized spacial score (nSPS) is 16.2. The van der Waals surface area contributed by atoms with Gasteiger partial charge in [0, 0.05) is 12.0 Å². The van der Waals surface area contributed by atoms with Crippen LogP contribution < -0.4 is 11.1 Å². The molecule has 0 radical (unpaired) electrons. The molecule has 4 heteroatoms. The van der Waals surface area contributed by atoms with Gasteiger partial charge in [-0.1, -0.05) is 36.4 Å². The molecule has 2 rings (SSSR count). The van der Waals surface area contributed by atoms with E-state index < -0.39 is 0 Å². The molecule has 0 unspecified atom stereocenters. The Labute approximate surface area is 138 Å². The van der Waals surface area contributed by atoms with Crippen molar-refractivity contribution in [1.29, 1.82) is 0 Å². The molecule has 3 N–H and O–H groups in total. The molecule has 0 aliphatic heterocycles. The highest BCUT2D eigenvalue weighted by Crippen LogP contribution is 2.49. The number of aryl methyl sites for hydroxylation is 1. The number of aliphatic imine (C=N–C) groups is 1. The van der Waals surface area contributed by atoms with E-state index in [1.165, 1.54) is 24.0 Å². The lowest BCUT2D eigenvalue weighted by molar-refractivity contribution is 0.696. The highest BCUT2D eigenvalue weighted by molar-refractivity contribution is 14.0. The number of halogens is 1. The van der Waals surface area contributed by atoms with Gasteiger partial charge in [0.2, 0.25) is 0 Å². The number of nitrogens with zero attached hydrogens (tertiary/aromatic N) is 1. The maximum Gasteiger partial charge on any atom is 0.188 e. The average molecular weight is 385 g/mol. The number of guanidine groups is 1. The molecule has 1 aliphatic carbocycles.